The predicted molar refractivity (Wildman–Crippen MR) is 88.4 cm³/mol. The summed E-state index contributed by atoms with van der Waals surface area (Å²) in [7, 11) is 0. The van der Waals surface area contributed by atoms with Crippen molar-refractivity contribution in [3.63, 3.8) is 0 Å². The second kappa shape index (κ2) is 8.11. The van der Waals surface area contributed by atoms with E-state index in [9.17, 15) is 0 Å². The maximum Gasteiger partial charge on any atom is 0.0474 e. The average Bonchev–Trinajstić information content (AvgIpc) is 2.50. The van der Waals surface area contributed by atoms with E-state index in [1.165, 1.54) is 54.4 Å². The van der Waals surface area contributed by atoms with Crippen molar-refractivity contribution in [1.82, 2.24) is 0 Å². The van der Waals surface area contributed by atoms with E-state index in [1.54, 1.807) is 0 Å². The van der Waals surface area contributed by atoms with Crippen molar-refractivity contribution in [2.24, 2.45) is 0 Å². The summed E-state index contributed by atoms with van der Waals surface area (Å²) in [5, 5.41) is 0. The minimum absolute atomic E-state index is 0.612. The topological polar surface area (TPSA) is 0 Å². The third-order valence-corrected chi connectivity index (χ3v) is 4.13. The number of rotatable bonds is 7. The molecule has 0 aromatic heterocycles. The van der Waals surface area contributed by atoms with Crippen molar-refractivity contribution in [3.8, 4) is 0 Å². The third-order valence-electron chi connectivity index (χ3n) is 3.82. The van der Waals surface area contributed by atoms with Gasteiger partial charge in [0.25, 0.3) is 0 Å². The first-order valence-electron chi connectivity index (χ1n) is 7.48. The van der Waals surface area contributed by atoms with Gasteiger partial charge in [0.05, 0.1) is 0 Å². The number of unbranched alkanes of at least 4 members (excludes halogenated alkanes) is 2. The standard InChI is InChI=1S/C19H23Cl/c1-16-12-13-18(15-20)14-19(16)11-7-3-6-10-17-8-4-2-5-9-17/h2,4-5,8-9,12-14H,3,6-7,10-11,15H2,1H3. The molecule has 0 fully saturated rings. The minimum atomic E-state index is 0.612. The molecule has 2 aromatic rings. The van der Waals surface area contributed by atoms with Crippen LogP contribution < -0.4 is 0 Å². The molecule has 0 bridgehead atoms. The van der Waals surface area contributed by atoms with Gasteiger partial charge in [-0.15, -0.1) is 11.6 Å². The van der Waals surface area contributed by atoms with E-state index >= 15 is 0 Å². The predicted octanol–water partition coefficient (Wildman–Crippen LogP) is 5.69. The largest absolute Gasteiger partial charge is 0.122 e. The van der Waals surface area contributed by atoms with E-state index in [0.29, 0.717) is 5.88 Å². The fourth-order valence-corrected chi connectivity index (χ4v) is 2.71. The van der Waals surface area contributed by atoms with Gasteiger partial charge < -0.3 is 0 Å². The second-order valence-corrected chi connectivity index (χ2v) is 5.71. The Hall–Kier alpha value is -1.27. The number of alkyl halides is 1. The summed E-state index contributed by atoms with van der Waals surface area (Å²) in [5.41, 5.74) is 5.54. The van der Waals surface area contributed by atoms with Gasteiger partial charge in [0, 0.05) is 5.88 Å². The first-order chi connectivity index (χ1) is 9.79. The van der Waals surface area contributed by atoms with Crippen LogP contribution in [-0.4, -0.2) is 0 Å². The highest BCUT2D eigenvalue weighted by Gasteiger charge is 2.01. The molecule has 0 heterocycles. The van der Waals surface area contributed by atoms with Crippen molar-refractivity contribution in [2.45, 2.75) is 44.9 Å². The normalized spacial score (nSPS) is 10.7. The molecule has 0 aliphatic carbocycles. The molecule has 0 aliphatic heterocycles. The zero-order chi connectivity index (χ0) is 14.2. The molecule has 0 spiro atoms. The molecule has 0 saturated carbocycles. The SMILES string of the molecule is Cc1ccc(CCl)cc1CCCCCc1ccccc1. The molecule has 0 N–H and O–H groups in total. The van der Waals surface area contributed by atoms with Crippen LogP contribution in [0.25, 0.3) is 0 Å². The summed E-state index contributed by atoms with van der Waals surface area (Å²) < 4.78 is 0. The first kappa shape index (κ1) is 15.1. The Labute approximate surface area is 127 Å². The first-order valence-corrected chi connectivity index (χ1v) is 8.01. The summed E-state index contributed by atoms with van der Waals surface area (Å²) in [5.74, 6) is 0.612. The second-order valence-electron chi connectivity index (χ2n) is 5.44. The molecule has 0 atom stereocenters. The lowest BCUT2D eigenvalue weighted by Crippen LogP contribution is -1.93. The monoisotopic (exact) mass is 286 g/mol. The van der Waals surface area contributed by atoms with E-state index in [1.807, 2.05) is 0 Å². The van der Waals surface area contributed by atoms with Crippen LogP contribution in [-0.2, 0) is 18.7 Å². The zero-order valence-electron chi connectivity index (χ0n) is 12.2. The fourth-order valence-electron chi connectivity index (χ4n) is 2.54. The van der Waals surface area contributed by atoms with Crippen molar-refractivity contribution in [2.75, 3.05) is 0 Å². The van der Waals surface area contributed by atoms with E-state index in [-0.39, 0.29) is 0 Å². The van der Waals surface area contributed by atoms with Crippen LogP contribution in [0, 0.1) is 6.92 Å². The Morgan fingerprint density at radius 1 is 0.800 bits per heavy atom. The molecule has 0 unspecified atom stereocenters. The molecular weight excluding hydrogens is 264 g/mol. The molecule has 1 heteroatoms. The maximum absolute atomic E-state index is 5.90. The van der Waals surface area contributed by atoms with Gasteiger partial charge in [-0.2, -0.15) is 0 Å². The van der Waals surface area contributed by atoms with Crippen LogP contribution in [0.1, 0.15) is 41.5 Å². The lowest BCUT2D eigenvalue weighted by Gasteiger charge is -2.08. The molecule has 2 rings (SSSR count). The fraction of sp³-hybridized carbons (Fsp3) is 0.368. The van der Waals surface area contributed by atoms with Crippen LogP contribution in [0.5, 0.6) is 0 Å². The average molecular weight is 287 g/mol. The van der Waals surface area contributed by atoms with Crippen LogP contribution in [0.15, 0.2) is 48.5 Å². The molecule has 0 saturated heterocycles. The summed E-state index contributed by atoms with van der Waals surface area (Å²) in [6.07, 6.45) is 6.20. The molecule has 2 aromatic carbocycles. The lowest BCUT2D eigenvalue weighted by atomic mass is 9.99. The molecule has 0 amide bonds. The highest BCUT2D eigenvalue weighted by molar-refractivity contribution is 6.17. The summed E-state index contributed by atoms with van der Waals surface area (Å²) in [6.45, 7) is 2.19. The summed E-state index contributed by atoms with van der Waals surface area (Å²) in [4.78, 5) is 0. The van der Waals surface area contributed by atoms with E-state index < -0.39 is 0 Å². The Morgan fingerprint density at radius 2 is 1.55 bits per heavy atom. The Bertz CT molecular complexity index is 517. The number of aryl methyl sites for hydroxylation is 3. The van der Waals surface area contributed by atoms with Gasteiger partial charge in [-0.05, 0) is 54.9 Å². The molecule has 0 nitrogen and oxygen atoms in total. The Morgan fingerprint density at radius 3 is 2.30 bits per heavy atom. The van der Waals surface area contributed by atoms with Gasteiger partial charge in [0.2, 0.25) is 0 Å². The van der Waals surface area contributed by atoms with Crippen LogP contribution in [0.3, 0.4) is 0 Å². The lowest BCUT2D eigenvalue weighted by molar-refractivity contribution is 0.677. The third kappa shape index (κ3) is 4.68. The summed E-state index contributed by atoms with van der Waals surface area (Å²) >= 11 is 5.90. The van der Waals surface area contributed by atoms with E-state index in [2.05, 4.69) is 55.5 Å². The van der Waals surface area contributed by atoms with E-state index in [0.717, 1.165) is 0 Å². The van der Waals surface area contributed by atoms with Crippen molar-refractivity contribution < 1.29 is 0 Å². The molecular formula is C19H23Cl. The quantitative estimate of drug-likeness (QED) is 0.453. The van der Waals surface area contributed by atoms with Gasteiger partial charge in [-0.1, -0.05) is 55.0 Å². The molecule has 0 aliphatic rings. The maximum atomic E-state index is 5.90. The number of benzene rings is 2. The Kier molecular flexibility index (Phi) is 6.14. The van der Waals surface area contributed by atoms with Crippen LogP contribution >= 0.6 is 11.6 Å². The smallest absolute Gasteiger partial charge is 0.0474 e. The van der Waals surface area contributed by atoms with Gasteiger partial charge in [0.15, 0.2) is 0 Å². The van der Waals surface area contributed by atoms with Crippen LogP contribution in [0.2, 0.25) is 0 Å². The minimum Gasteiger partial charge on any atom is -0.122 e. The Balaban J connectivity index is 1.73. The number of halogens is 1. The highest BCUT2D eigenvalue weighted by Crippen LogP contribution is 2.16. The summed E-state index contributed by atoms with van der Waals surface area (Å²) in [6, 6.07) is 17.3. The van der Waals surface area contributed by atoms with Crippen molar-refractivity contribution in [3.05, 3.63) is 70.8 Å². The van der Waals surface area contributed by atoms with Gasteiger partial charge >= 0.3 is 0 Å². The highest BCUT2D eigenvalue weighted by atomic mass is 35.5. The van der Waals surface area contributed by atoms with Crippen LogP contribution in [0.4, 0.5) is 0 Å². The van der Waals surface area contributed by atoms with Gasteiger partial charge in [-0.25, -0.2) is 0 Å². The zero-order valence-corrected chi connectivity index (χ0v) is 13.0. The van der Waals surface area contributed by atoms with E-state index in [4.69, 9.17) is 11.6 Å². The van der Waals surface area contributed by atoms with Gasteiger partial charge in [-0.3, -0.25) is 0 Å². The molecule has 20 heavy (non-hydrogen) atoms. The number of hydrogen-bond donors (Lipinski definition) is 0. The molecule has 0 radical (unpaired) electrons. The number of hydrogen-bond acceptors (Lipinski definition) is 0. The van der Waals surface area contributed by atoms with Crippen molar-refractivity contribution >= 4 is 11.6 Å². The molecule has 106 valence electrons. The van der Waals surface area contributed by atoms with Gasteiger partial charge in [0.1, 0.15) is 0 Å². The van der Waals surface area contributed by atoms with Crippen molar-refractivity contribution in [1.29, 1.82) is 0 Å².